The van der Waals surface area contributed by atoms with E-state index in [0.29, 0.717) is 12.4 Å². The van der Waals surface area contributed by atoms with Gasteiger partial charge in [-0.1, -0.05) is 6.92 Å². The molecule has 0 unspecified atom stereocenters. The first-order valence-corrected chi connectivity index (χ1v) is 7.26. The van der Waals surface area contributed by atoms with Crippen molar-refractivity contribution in [1.29, 1.82) is 0 Å². The minimum atomic E-state index is -0.243. The molecular weight excluding hydrogens is 261 g/mol. The van der Waals surface area contributed by atoms with Gasteiger partial charge in [-0.05, 0) is 49.4 Å². The molecule has 0 aliphatic rings. The molecule has 2 rings (SSSR count). The van der Waals surface area contributed by atoms with Crippen molar-refractivity contribution in [3.63, 3.8) is 0 Å². The molecule has 1 heterocycles. The third kappa shape index (κ3) is 4.65. The van der Waals surface area contributed by atoms with Crippen molar-refractivity contribution in [2.75, 3.05) is 6.54 Å². The predicted octanol–water partition coefficient (Wildman–Crippen LogP) is 3.97. The lowest BCUT2D eigenvalue weighted by Crippen LogP contribution is -2.12. The Morgan fingerprint density at radius 3 is 2.58 bits per heavy atom. The molecule has 0 saturated heterocycles. The van der Waals surface area contributed by atoms with Crippen LogP contribution in [-0.4, -0.2) is 6.54 Å². The average Bonchev–Trinajstić information content (AvgIpc) is 2.86. The molecule has 0 saturated carbocycles. The van der Waals surface area contributed by atoms with E-state index in [2.05, 4.69) is 24.4 Å². The minimum absolute atomic E-state index is 0.243. The van der Waals surface area contributed by atoms with E-state index in [9.17, 15) is 4.39 Å². The molecule has 0 aliphatic carbocycles. The summed E-state index contributed by atoms with van der Waals surface area (Å²) in [6, 6.07) is 10.3. The maximum Gasteiger partial charge on any atom is 0.123 e. The van der Waals surface area contributed by atoms with Crippen LogP contribution in [0.15, 0.2) is 36.4 Å². The van der Waals surface area contributed by atoms with Crippen LogP contribution in [0.2, 0.25) is 0 Å². The molecule has 0 bridgehead atoms. The maximum absolute atomic E-state index is 12.7. The first-order valence-electron chi connectivity index (χ1n) is 6.44. The summed E-state index contributed by atoms with van der Waals surface area (Å²) in [7, 11) is 0. The summed E-state index contributed by atoms with van der Waals surface area (Å²) in [6.45, 7) is 4.64. The molecule has 0 fully saturated rings. The number of rotatable bonds is 7. The summed E-state index contributed by atoms with van der Waals surface area (Å²) < 4.78 is 18.3. The second-order valence-corrected chi connectivity index (χ2v) is 5.54. The van der Waals surface area contributed by atoms with Gasteiger partial charge < -0.3 is 10.1 Å². The van der Waals surface area contributed by atoms with Crippen molar-refractivity contribution >= 4 is 11.3 Å². The van der Waals surface area contributed by atoms with E-state index < -0.39 is 0 Å². The highest BCUT2D eigenvalue weighted by molar-refractivity contribution is 7.11. The molecule has 2 nitrogen and oxygen atoms in total. The zero-order valence-corrected chi connectivity index (χ0v) is 11.8. The van der Waals surface area contributed by atoms with Gasteiger partial charge in [-0.15, -0.1) is 11.3 Å². The molecule has 0 spiro atoms. The fourth-order valence-corrected chi connectivity index (χ4v) is 2.57. The van der Waals surface area contributed by atoms with Gasteiger partial charge in [0.25, 0.3) is 0 Å². The van der Waals surface area contributed by atoms with E-state index in [1.807, 2.05) is 0 Å². The van der Waals surface area contributed by atoms with Gasteiger partial charge in [-0.3, -0.25) is 0 Å². The lowest BCUT2D eigenvalue weighted by atomic mass is 10.3. The van der Waals surface area contributed by atoms with E-state index in [1.165, 1.54) is 21.9 Å². The molecule has 0 radical (unpaired) electrons. The Kier molecular flexibility index (Phi) is 5.36. The molecule has 0 atom stereocenters. The van der Waals surface area contributed by atoms with Crippen molar-refractivity contribution < 1.29 is 9.13 Å². The zero-order chi connectivity index (χ0) is 13.5. The third-order valence-electron chi connectivity index (χ3n) is 2.64. The standard InChI is InChI=1S/C15H18FNOS/c1-2-9-17-10-14-7-8-15(19-14)11-18-13-5-3-12(16)4-6-13/h3-8,17H,2,9-11H2,1H3. The summed E-state index contributed by atoms with van der Waals surface area (Å²) in [4.78, 5) is 2.49. The van der Waals surface area contributed by atoms with Crippen molar-refractivity contribution in [3.8, 4) is 5.75 Å². The Labute approximate surface area is 117 Å². The van der Waals surface area contributed by atoms with Crippen LogP contribution in [0.3, 0.4) is 0 Å². The number of nitrogens with one attached hydrogen (secondary N) is 1. The first-order chi connectivity index (χ1) is 9.28. The van der Waals surface area contributed by atoms with E-state index in [4.69, 9.17) is 4.74 Å². The Balaban J connectivity index is 1.81. The van der Waals surface area contributed by atoms with Gasteiger partial charge in [0, 0.05) is 16.3 Å². The van der Waals surface area contributed by atoms with Crippen LogP contribution in [0.1, 0.15) is 23.1 Å². The van der Waals surface area contributed by atoms with Crippen LogP contribution in [0.4, 0.5) is 4.39 Å². The smallest absolute Gasteiger partial charge is 0.123 e. The van der Waals surface area contributed by atoms with Gasteiger partial charge in [-0.2, -0.15) is 0 Å². The van der Waals surface area contributed by atoms with Crippen LogP contribution in [0.5, 0.6) is 5.75 Å². The minimum Gasteiger partial charge on any atom is -0.488 e. The van der Waals surface area contributed by atoms with Gasteiger partial charge >= 0.3 is 0 Å². The number of thiophene rings is 1. The van der Waals surface area contributed by atoms with Crippen LogP contribution >= 0.6 is 11.3 Å². The van der Waals surface area contributed by atoms with Gasteiger partial charge in [0.2, 0.25) is 0 Å². The summed E-state index contributed by atoms with van der Waals surface area (Å²) >= 11 is 1.74. The highest BCUT2D eigenvalue weighted by Crippen LogP contribution is 2.19. The second kappa shape index (κ2) is 7.26. The average molecular weight is 279 g/mol. The van der Waals surface area contributed by atoms with Gasteiger partial charge in [-0.25, -0.2) is 4.39 Å². The van der Waals surface area contributed by atoms with Crippen LogP contribution in [0, 0.1) is 5.82 Å². The maximum atomic E-state index is 12.7. The molecule has 102 valence electrons. The van der Waals surface area contributed by atoms with Crippen LogP contribution in [-0.2, 0) is 13.2 Å². The molecular formula is C15H18FNOS. The molecule has 0 aliphatic heterocycles. The number of ether oxygens (including phenoxy) is 1. The van der Waals surface area contributed by atoms with E-state index >= 15 is 0 Å². The van der Waals surface area contributed by atoms with Gasteiger partial charge in [0.1, 0.15) is 18.2 Å². The van der Waals surface area contributed by atoms with Crippen molar-refractivity contribution in [1.82, 2.24) is 5.32 Å². The second-order valence-electron chi connectivity index (χ2n) is 4.29. The van der Waals surface area contributed by atoms with Crippen LogP contribution < -0.4 is 10.1 Å². The molecule has 19 heavy (non-hydrogen) atoms. The molecule has 2 aromatic rings. The highest BCUT2D eigenvalue weighted by Gasteiger charge is 2.01. The summed E-state index contributed by atoms with van der Waals surface area (Å²) in [5.74, 6) is 0.452. The van der Waals surface area contributed by atoms with E-state index in [1.54, 1.807) is 23.5 Å². The Morgan fingerprint density at radius 2 is 1.84 bits per heavy atom. The topological polar surface area (TPSA) is 21.3 Å². The normalized spacial score (nSPS) is 10.6. The lowest BCUT2D eigenvalue weighted by Gasteiger charge is -2.04. The third-order valence-corrected chi connectivity index (χ3v) is 3.70. The SMILES string of the molecule is CCCNCc1ccc(COc2ccc(F)cc2)s1. The summed E-state index contributed by atoms with van der Waals surface area (Å²) in [6.07, 6.45) is 1.14. The Morgan fingerprint density at radius 1 is 1.11 bits per heavy atom. The summed E-state index contributed by atoms with van der Waals surface area (Å²) in [5.41, 5.74) is 0. The van der Waals surface area contributed by atoms with E-state index in [-0.39, 0.29) is 5.82 Å². The molecule has 1 aromatic heterocycles. The Hall–Kier alpha value is -1.39. The highest BCUT2D eigenvalue weighted by atomic mass is 32.1. The number of benzene rings is 1. The largest absolute Gasteiger partial charge is 0.488 e. The number of hydrogen-bond acceptors (Lipinski definition) is 3. The van der Waals surface area contributed by atoms with Gasteiger partial charge in [0.15, 0.2) is 0 Å². The predicted molar refractivity (Wildman–Crippen MR) is 77.0 cm³/mol. The molecule has 1 N–H and O–H groups in total. The van der Waals surface area contributed by atoms with E-state index in [0.717, 1.165) is 19.5 Å². The lowest BCUT2D eigenvalue weighted by molar-refractivity contribution is 0.309. The van der Waals surface area contributed by atoms with Crippen molar-refractivity contribution in [2.24, 2.45) is 0 Å². The number of hydrogen-bond donors (Lipinski definition) is 1. The fourth-order valence-electron chi connectivity index (χ4n) is 1.67. The molecule has 0 amide bonds. The quantitative estimate of drug-likeness (QED) is 0.774. The first kappa shape index (κ1) is 14.0. The Bertz CT molecular complexity index is 495. The zero-order valence-electron chi connectivity index (χ0n) is 11.0. The van der Waals surface area contributed by atoms with Crippen molar-refractivity contribution in [2.45, 2.75) is 26.5 Å². The van der Waals surface area contributed by atoms with Crippen molar-refractivity contribution in [3.05, 3.63) is 52.0 Å². The monoisotopic (exact) mass is 279 g/mol. The molecule has 1 aromatic carbocycles. The van der Waals surface area contributed by atoms with Crippen LogP contribution in [0.25, 0.3) is 0 Å². The summed E-state index contributed by atoms with van der Waals surface area (Å²) in [5, 5.41) is 3.37. The molecule has 4 heteroatoms. The fraction of sp³-hybridized carbons (Fsp3) is 0.333. The number of halogens is 1. The van der Waals surface area contributed by atoms with Gasteiger partial charge in [0.05, 0.1) is 0 Å².